The molecule has 21 heavy (non-hydrogen) atoms. The van der Waals surface area contributed by atoms with Gasteiger partial charge in [0.1, 0.15) is 6.04 Å². The highest BCUT2D eigenvalue weighted by atomic mass is 16.5. The number of piperazine rings is 1. The summed E-state index contributed by atoms with van der Waals surface area (Å²) in [6.45, 7) is 3.19. The van der Waals surface area contributed by atoms with Crippen LogP contribution in [0.1, 0.15) is 26.2 Å². The van der Waals surface area contributed by atoms with Crippen LogP contribution in [0.3, 0.4) is 0 Å². The lowest BCUT2D eigenvalue weighted by Gasteiger charge is -2.36. The number of carboxylic acids is 1. The van der Waals surface area contributed by atoms with Crippen molar-refractivity contribution >= 4 is 17.9 Å². The Kier molecular flexibility index (Phi) is 5.00. The van der Waals surface area contributed by atoms with Crippen LogP contribution in [-0.4, -0.2) is 65.8 Å². The van der Waals surface area contributed by atoms with Gasteiger partial charge in [-0.2, -0.15) is 0 Å². The second-order valence-corrected chi connectivity index (χ2v) is 5.45. The first-order valence-electron chi connectivity index (χ1n) is 7.15. The van der Waals surface area contributed by atoms with Crippen molar-refractivity contribution in [3.8, 4) is 0 Å². The smallest absolute Gasteiger partial charge is 0.318 e. The maximum Gasteiger partial charge on any atom is 0.318 e. The second kappa shape index (κ2) is 6.75. The van der Waals surface area contributed by atoms with E-state index in [1.807, 2.05) is 6.92 Å². The molecule has 0 spiro atoms. The van der Waals surface area contributed by atoms with Crippen molar-refractivity contribution in [1.29, 1.82) is 0 Å². The lowest BCUT2D eigenvalue weighted by molar-refractivity contribution is -0.142. The third-order valence-corrected chi connectivity index (χ3v) is 3.77. The number of hydrogen-bond donors (Lipinski definition) is 3. The number of nitrogens with one attached hydrogen (secondary N) is 2. The van der Waals surface area contributed by atoms with Crippen LogP contribution in [0, 0.1) is 0 Å². The molecule has 0 aromatic rings. The summed E-state index contributed by atoms with van der Waals surface area (Å²) in [6, 6.07) is -1.33. The fourth-order valence-corrected chi connectivity index (χ4v) is 2.71. The number of hydrogen-bond acceptors (Lipinski definition) is 4. The summed E-state index contributed by atoms with van der Waals surface area (Å²) in [7, 11) is 0. The highest BCUT2D eigenvalue weighted by molar-refractivity contribution is 5.91. The maximum atomic E-state index is 12.3. The molecule has 2 heterocycles. The normalized spacial score (nSPS) is 29.7. The highest BCUT2D eigenvalue weighted by Gasteiger charge is 2.35. The minimum atomic E-state index is -1.10. The van der Waals surface area contributed by atoms with Gasteiger partial charge < -0.3 is 25.4 Å². The van der Waals surface area contributed by atoms with E-state index in [-0.39, 0.29) is 24.6 Å². The van der Waals surface area contributed by atoms with Crippen LogP contribution >= 0.6 is 0 Å². The molecule has 3 atom stereocenters. The fraction of sp³-hybridized carbons (Fsp3) is 0.769. The minimum Gasteiger partial charge on any atom is -0.481 e. The summed E-state index contributed by atoms with van der Waals surface area (Å²) in [5.74, 6) is -1.52. The first-order chi connectivity index (χ1) is 9.97. The molecule has 2 fully saturated rings. The lowest BCUT2D eigenvalue weighted by atomic mass is 10.0. The van der Waals surface area contributed by atoms with Crippen LogP contribution in [-0.2, 0) is 14.3 Å². The van der Waals surface area contributed by atoms with Gasteiger partial charge in [-0.25, -0.2) is 4.79 Å². The van der Waals surface area contributed by atoms with Crippen molar-refractivity contribution in [2.45, 2.75) is 44.4 Å². The number of carboxylic acid groups (broad SMARTS) is 1. The molecule has 0 radical (unpaired) electrons. The fourth-order valence-electron chi connectivity index (χ4n) is 2.71. The molecule has 8 nitrogen and oxygen atoms in total. The largest absolute Gasteiger partial charge is 0.481 e. The highest BCUT2D eigenvalue weighted by Crippen LogP contribution is 2.15. The van der Waals surface area contributed by atoms with Gasteiger partial charge in [0.05, 0.1) is 12.5 Å². The van der Waals surface area contributed by atoms with E-state index in [0.717, 1.165) is 12.8 Å². The van der Waals surface area contributed by atoms with Gasteiger partial charge in [0.2, 0.25) is 5.91 Å². The van der Waals surface area contributed by atoms with E-state index in [1.165, 1.54) is 4.90 Å². The molecular formula is C13H21N3O5. The van der Waals surface area contributed by atoms with E-state index in [4.69, 9.17) is 9.84 Å². The van der Waals surface area contributed by atoms with Gasteiger partial charge in [0, 0.05) is 25.7 Å². The molecule has 2 aliphatic rings. The quantitative estimate of drug-likeness (QED) is 0.653. The average molecular weight is 299 g/mol. The molecule has 118 valence electrons. The van der Waals surface area contributed by atoms with Crippen molar-refractivity contribution in [2.24, 2.45) is 0 Å². The third-order valence-electron chi connectivity index (χ3n) is 3.77. The maximum absolute atomic E-state index is 12.3. The second-order valence-electron chi connectivity index (χ2n) is 5.45. The van der Waals surface area contributed by atoms with Crippen LogP contribution in [0.15, 0.2) is 0 Å². The van der Waals surface area contributed by atoms with Crippen LogP contribution in [0.25, 0.3) is 0 Å². The Balaban J connectivity index is 1.97. The number of ether oxygens (including phenoxy) is 1. The first-order valence-corrected chi connectivity index (χ1v) is 7.15. The van der Waals surface area contributed by atoms with Gasteiger partial charge in [0.15, 0.2) is 0 Å². The number of carbonyl (C=O) groups excluding carboxylic acids is 2. The van der Waals surface area contributed by atoms with E-state index in [0.29, 0.717) is 19.7 Å². The third kappa shape index (κ3) is 4.07. The van der Waals surface area contributed by atoms with Crippen LogP contribution in [0.5, 0.6) is 0 Å². The van der Waals surface area contributed by atoms with Gasteiger partial charge in [-0.15, -0.1) is 0 Å². The first kappa shape index (κ1) is 15.6. The van der Waals surface area contributed by atoms with Crippen molar-refractivity contribution in [1.82, 2.24) is 15.5 Å². The molecule has 2 saturated heterocycles. The van der Waals surface area contributed by atoms with Gasteiger partial charge >= 0.3 is 12.0 Å². The Bertz CT molecular complexity index is 428. The molecule has 3 unspecified atom stereocenters. The Morgan fingerprint density at radius 2 is 2.29 bits per heavy atom. The van der Waals surface area contributed by atoms with Crippen LogP contribution in [0.4, 0.5) is 4.79 Å². The molecule has 3 N–H and O–H groups in total. The number of carbonyl (C=O) groups is 3. The van der Waals surface area contributed by atoms with E-state index < -0.39 is 17.9 Å². The van der Waals surface area contributed by atoms with Gasteiger partial charge in [-0.05, 0) is 19.8 Å². The van der Waals surface area contributed by atoms with Crippen molar-refractivity contribution in [3.05, 3.63) is 0 Å². The van der Waals surface area contributed by atoms with E-state index in [9.17, 15) is 14.4 Å². The Labute approximate surface area is 122 Å². The number of rotatable bonds is 3. The zero-order chi connectivity index (χ0) is 15.4. The zero-order valence-corrected chi connectivity index (χ0v) is 12.0. The number of urea groups is 1. The van der Waals surface area contributed by atoms with Gasteiger partial charge in [0.25, 0.3) is 0 Å². The summed E-state index contributed by atoms with van der Waals surface area (Å²) in [4.78, 5) is 36.3. The minimum absolute atomic E-state index is 0.00304. The van der Waals surface area contributed by atoms with Gasteiger partial charge in [-0.1, -0.05) is 0 Å². The zero-order valence-electron chi connectivity index (χ0n) is 12.0. The summed E-state index contributed by atoms with van der Waals surface area (Å²) in [6.07, 6.45) is 1.14. The number of nitrogens with zero attached hydrogens (tertiary/aromatic N) is 1. The summed E-state index contributed by atoms with van der Waals surface area (Å²) in [5.41, 5.74) is 0. The summed E-state index contributed by atoms with van der Waals surface area (Å²) in [5, 5.41) is 14.4. The Hall–Kier alpha value is -1.83. The molecule has 3 amide bonds. The number of aliphatic carboxylic acids is 1. The molecule has 0 aliphatic carbocycles. The van der Waals surface area contributed by atoms with E-state index in [2.05, 4.69) is 10.6 Å². The summed E-state index contributed by atoms with van der Waals surface area (Å²) < 4.78 is 5.42. The lowest BCUT2D eigenvalue weighted by Crippen LogP contribution is -2.61. The predicted molar refractivity (Wildman–Crippen MR) is 72.7 cm³/mol. The standard InChI is InChI=1S/C13H21N3O5/c1-8-6-9(2-5-21-8)15-13(20)16-4-3-14-12(19)10(16)7-11(17)18/h8-10H,2-7H2,1H3,(H,14,19)(H,15,20)(H,17,18). The molecule has 2 rings (SSSR count). The monoisotopic (exact) mass is 299 g/mol. The molecular weight excluding hydrogens is 278 g/mol. The average Bonchev–Trinajstić information content (AvgIpc) is 2.40. The molecule has 0 bridgehead atoms. The molecule has 0 aromatic heterocycles. The number of amides is 3. The van der Waals surface area contributed by atoms with E-state index in [1.54, 1.807) is 0 Å². The van der Waals surface area contributed by atoms with Crippen molar-refractivity contribution < 1.29 is 24.2 Å². The summed E-state index contributed by atoms with van der Waals surface area (Å²) >= 11 is 0. The SMILES string of the molecule is CC1CC(NC(=O)N2CCNC(=O)C2CC(=O)O)CCO1. The van der Waals surface area contributed by atoms with Crippen LogP contribution in [0.2, 0.25) is 0 Å². The van der Waals surface area contributed by atoms with E-state index >= 15 is 0 Å². The Morgan fingerprint density at radius 1 is 1.52 bits per heavy atom. The van der Waals surface area contributed by atoms with Gasteiger partial charge in [-0.3, -0.25) is 9.59 Å². The Morgan fingerprint density at radius 3 is 2.95 bits per heavy atom. The topological polar surface area (TPSA) is 108 Å². The molecule has 0 aromatic carbocycles. The predicted octanol–water partition coefficient (Wildman–Crippen LogP) is -0.461. The van der Waals surface area contributed by atoms with Crippen LogP contribution < -0.4 is 10.6 Å². The molecule has 0 saturated carbocycles. The van der Waals surface area contributed by atoms with Crippen molar-refractivity contribution in [3.63, 3.8) is 0 Å². The molecule has 2 aliphatic heterocycles. The van der Waals surface area contributed by atoms with Crippen molar-refractivity contribution in [2.75, 3.05) is 19.7 Å². The molecule has 8 heteroatoms.